The number of hydrogen-bond donors (Lipinski definition) is 0. The topological polar surface area (TPSA) is 55.8 Å². The molecule has 0 aromatic heterocycles. The van der Waals surface area contributed by atoms with Gasteiger partial charge in [0.1, 0.15) is 0 Å². The Morgan fingerprint density at radius 1 is 1.20 bits per heavy atom. The van der Waals surface area contributed by atoms with Crippen molar-refractivity contribution >= 4 is 11.8 Å². The van der Waals surface area contributed by atoms with E-state index in [1.54, 1.807) is 21.1 Å². The van der Waals surface area contributed by atoms with Crippen LogP contribution in [0.5, 0.6) is 11.5 Å². The average molecular weight is 277 g/mol. The molecule has 0 N–H and O–H groups in total. The molecule has 108 valence electrons. The third-order valence-electron chi connectivity index (χ3n) is 3.54. The number of ether oxygens (including phenoxy) is 2. The maximum Gasteiger partial charge on any atom is 0.232 e. The van der Waals surface area contributed by atoms with Crippen molar-refractivity contribution in [3.63, 3.8) is 0 Å². The fourth-order valence-electron chi connectivity index (χ4n) is 2.36. The Balaban J connectivity index is 2.04. The predicted octanol–water partition coefficient (Wildman–Crippen LogP) is 1.64. The van der Waals surface area contributed by atoms with E-state index in [0.717, 1.165) is 5.56 Å². The van der Waals surface area contributed by atoms with Gasteiger partial charge in [0.05, 0.1) is 14.2 Å². The molecule has 1 heterocycles. The van der Waals surface area contributed by atoms with Crippen molar-refractivity contribution in [3.05, 3.63) is 23.8 Å². The number of benzene rings is 1. The van der Waals surface area contributed by atoms with Crippen LogP contribution < -0.4 is 9.47 Å². The number of amides is 2. The monoisotopic (exact) mass is 277 g/mol. The first-order valence-electron chi connectivity index (χ1n) is 6.62. The molecule has 2 rings (SSSR count). The molecule has 1 aliphatic heterocycles. The second-order valence-electron chi connectivity index (χ2n) is 4.93. The lowest BCUT2D eigenvalue weighted by molar-refractivity contribution is -0.139. The normalized spacial score (nSPS) is 18.6. The van der Waals surface area contributed by atoms with Gasteiger partial charge >= 0.3 is 0 Å². The zero-order chi connectivity index (χ0) is 14.7. The van der Waals surface area contributed by atoms with Crippen molar-refractivity contribution in [1.82, 2.24) is 4.90 Å². The highest BCUT2D eigenvalue weighted by Gasteiger charge is 2.34. The molecule has 1 fully saturated rings. The summed E-state index contributed by atoms with van der Waals surface area (Å²) in [6.07, 6.45) is 0.940. The number of hydrogen-bond acceptors (Lipinski definition) is 4. The second-order valence-corrected chi connectivity index (χ2v) is 4.93. The first kappa shape index (κ1) is 14.4. The van der Waals surface area contributed by atoms with Gasteiger partial charge in [-0.25, -0.2) is 0 Å². The first-order chi connectivity index (χ1) is 9.56. The Morgan fingerprint density at radius 3 is 2.45 bits per heavy atom. The van der Waals surface area contributed by atoms with Crippen LogP contribution in [0.2, 0.25) is 0 Å². The zero-order valence-corrected chi connectivity index (χ0v) is 12.0. The summed E-state index contributed by atoms with van der Waals surface area (Å²) in [4.78, 5) is 24.9. The van der Waals surface area contributed by atoms with Crippen LogP contribution in [0.4, 0.5) is 0 Å². The highest BCUT2D eigenvalue weighted by atomic mass is 16.5. The molecule has 0 radical (unpaired) electrons. The number of imide groups is 1. The summed E-state index contributed by atoms with van der Waals surface area (Å²) in [5, 5.41) is 0. The fraction of sp³-hybridized carbons (Fsp3) is 0.467. The van der Waals surface area contributed by atoms with Gasteiger partial charge in [-0.2, -0.15) is 0 Å². The molecule has 5 nitrogen and oxygen atoms in total. The van der Waals surface area contributed by atoms with Crippen LogP contribution in [0.3, 0.4) is 0 Å². The Hall–Kier alpha value is -2.04. The molecule has 1 aliphatic rings. The van der Waals surface area contributed by atoms with Crippen molar-refractivity contribution in [2.75, 3.05) is 20.8 Å². The molecule has 20 heavy (non-hydrogen) atoms. The number of carbonyl (C=O) groups is 2. The van der Waals surface area contributed by atoms with Gasteiger partial charge in [0.2, 0.25) is 11.8 Å². The Morgan fingerprint density at radius 2 is 1.90 bits per heavy atom. The Bertz CT molecular complexity index is 527. The van der Waals surface area contributed by atoms with Crippen LogP contribution in [0.15, 0.2) is 18.2 Å². The minimum atomic E-state index is -0.187. The molecular formula is C15H19NO4. The van der Waals surface area contributed by atoms with E-state index in [9.17, 15) is 9.59 Å². The van der Waals surface area contributed by atoms with Gasteiger partial charge in [0, 0.05) is 18.9 Å². The molecule has 1 aromatic carbocycles. The van der Waals surface area contributed by atoms with Crippen molar-refractivity contribution in [2.45, 2.75) is 19.8 Å². The summed E-state index contributed by atoms with van der Waals surface area (Å²) >= 11 is 0. The molecule has 1 aromatic rings. The largest absolute Gasteiger partial charge is 0.493 e. The molecule has 0 saturated carbocycles. The summed E-state index contributed by atoms with van der Waals surface area (Å²) in [6, 6.07) is 5.60. The summed E-state index contributed by atoms with van der Waals surface area (Å²) < 4.78 is 10.4. The predicted molar refractivity (Wildman–Crippen MR) is 73.8 cm³/mol. The van der Waals surface area contributed by atoms with E-state index in [-0.39, 0.29) is 17.7 Å². The number of likely N-dealkylation sites (tertiary alicyclic amines) is 1. The quantitative estimate of drug-likeness (QED) is 0.768. The number of nitrogens with zero attached hydrogens (tertiary/aromatic N) is 1. The lowest BCUT2D eigenvalue weighted by Gasteiger charge is -2.15. The Labute approximate surface area is 118 Å². The van der Waals surface area contributed by atoms with Crippen molar-refractivity contribution in [3.8, 4) is 11.5 Å². The van der Waals surface area contributed by atoms with E-state index in [0.29, 0.717) is 30.9 Å². The smallest absolute Gasteiger partial charge is 0.232 e. The third kappa shape index (κ3) is 2.76. The van der Waals surface area contributed by atoms with Gasteiger partial charge < -0.3 is 9.47 Å². The first-order valence-corrected chi connectivity index (χ1v) is 6.62. The van der Waals surface area contributed by atoms with Gasteiger partial charge in [-0.05, 0) is 24.1 Å². The van der Waals surface area contributed by atoms with Crippen LogP contribution in [0, 0.1) is 5.92 Å². The Kier molecular flexibility index (Phi) is 4.27. The third-order valence-corrected chi connectivity index (χ3v) is 3.54. The molecule has 0 bridgehead atoms. The summed E-state index contributed by atoms with van der Waals surface area (Å²) in [6.45, 7) is 2.20. The van der Waals surface area contributed by atoms with Crippen LogP contribution in [-0.4, -0.2) is 37.5 Å². The lowest BCUT2D eigenvalue weighted by atomic mass is 10.1. The van der Waals surface area contributed by atoms with E-state index in [1.807, 2.05) is 18.2 Å². The second kappa shape index (κ2) is 5.94. The molecule has 5 heteroatoms. The van der Waals surface area contributed by atoms with E-state index < -0.39 is 0 Å². The zero-order valence-electron chi connectivity index (χ0n) is 12.0. The molecule has 1 atom stereocenters. The van der Waals surface area contributed by atoms with Crippen molar-refractivity contribution in [1.29, 1.82) is 0 Å². The van der Waals surface area contributed by atoms with Gasteiger partial charge in [0.25, 0.3) is 0 Å². The van der Waals surface area contributed by atoms with Crippen LogP contribution >= 0.6 is 0 Å². The van der Waals surface area contributed by atoms with E-state index in [4.69, 9.17) is 9.47 Å². The average Bonchev–Trinajstić information content (AvgIpc) is 2.70. The van der Waals surface area contributed by atoms with Crippen LogP contribution in [0.1, 0.15) is 18.9 Å². The highest BCUT2D eigenvalue weighted by Crippen LogP contribution is 2.28. The minimum Gasteiger partial charge on any atom is -0.493 e. The summed E-state index contributed by atoms with van der Waals surface area (Å²) in [5.41, 5.74) is 1.00. The van der Waals surface area contributed by atoms with Gasteiger partial charge in [-0.3, -0.25) is 14.5 Å². The molecule has 2 amide bonds. The molecular weight excluding hydrogens is 258 g/mol. The summed E-state index contributed by atoms with van der Waals surface area (Å²) in [5.74, 6) is 0.974. The minimum absolute atomic E-state index is 0.0736. The van der Waals surface area contributed by atoms with Crippen LogP contribution in [0.25, 0.3) is 0 Å². The molecule has 0 spiro atoms. The van der Waals surface area contributed by atoms with Crippen LogP contribution in [-0.2, 0) is 16.0 Å². The maximum atomic E-state index is 11.8. The molecule has 1 unspecified atom stereocenters. The highest BCUT2D eigenvalue weighted by molar-refractivity contribution is 6.03. The maximum absolute atomic E-state index is 11.8. The number of carbonyl (C=O) groups excluding carboxylic acids is 2. The van der Waals surface area contributed by atoms with E-state index in [2.05, 4.69) is 0 Å². The summed E-state index contributed by atoms with van der Waals surface area (Å²) in [7, 11) is 3.16. The van der Waals surface area contributed by atoms with E-state index in [1.165, 1.54) is 4.90 Å². The van der Waals surface area contributed by atoms with Gasteiger partial charge in [0.15, 0.2) is 11.5 Å². The van der Waals surface area contributed by atoms with Crippen molar-refractivity contribution in [2.24, 2.45) is 5.92 Å². The SMILES string of the molecule is COc1ccc(CCN2C(=O)CC(C)C2=O)cc1OC. The standard InChI is InChI=1S/C15H19NO4/c1-10-8-14(17)16(15(10)18)7-6-11-4-5-12(19-2)13(9-11)20-3/h4-5,9-10H,6-8H2,1-3H3. The van der Waals surface area contributed by atoms with Gasteiger partial charge in [-0.1, -0.05) is 13.0 Å². The molecule has 1 saturated heterocycles. The van der Waals surface area contributed by atoms with E-state index >= 15 is 0 Å². The number of methoxy groups -OCH3 is 2. The lowest BCUT2D eigenvalue weighted by Crippen LogP contribution is -2.32. The van der Waals surface area contributed by atoms with Gasteiger partial charge in [-0.15, -0.1) is 0 Å². The number of rotatable bonds is 5. The molecule has 0 aliphatic carbocycles. The van der Waals surface area contributed by atoms with Crippen molar-refractivity contribution < 1.29 is 19.1 Å². The fourth-order valence-corrected chi connectivity index (χ4v) is 2.36.